The monoisotopic (exact) mass is 492 g/mol. The molecule has 13 heteroatoms. The number of nitrogens with one attached hydrogen (secondary N) is 2. The van der Waals surface area contributed by atoms with Crippen LogP contribution >= 0.6 is 0 Å². The van der Waals surface area contributed by atoms with E-state index in [0.717, 1.165) is 15.8 Å². The summed E-state index contributed by atoms with van der Waals surface area (Å²) in [4.78, 5) is 32.7. The third-order valence-electron chi connectivity index (χ3n) is 6.31. The molecule has 0 spiro atoms. The molecule has 1 aromatic carbocycles. The lowest BCUT2D eigenvalue weighted by Gasteiger charge is -2.09. The Balaban J connectivity index is 1.41. The third kappa shape index (κ3) is 3.63. The normalized spacial score (nSPS) is 17.5. The number of H-pyrrole nitrogens is 2. The fourth-order valence-corrected chi connectivity index (χ4v) is 4.65. The van der Waals surface area contributed by atoms with Crippen molar-refractivity contribution in [2.45, 2.75) is 31.0 Å². The number of nitrogens with zero attached hydrogens (tertiary/aromatic N) is 6. The summed E-state index contributed by atoms with van der Waals surface area (Å²) in [7, 11) is 0. The van der Waals surface area contributed by atoms with E-state index in [0.29, 0.717) is 23.1 Å². The summed E-state index contributed by atoms with van der Waals surface area (Å²) >= 11 is 0. The molecule has 0 aliphatic heterocycles. The number of imidazole rings is 1. The van der Waals surface area contributed by atoms with Crippen molar-refractivity contribution in [3.05, 3.63) is 80.5 Å². The maximum Gasteiger partial charge on any atom is 0.408 e. The number of nitriles is 1. The summed E-state index contributed by atoms with van der Waals surface area (Å²) in [6, 6.07) is 8.67. The molecule has 0 saturated heterocycles. The van der Waals surface area contributed by atoms with Gasteiger partial charge in [-0.25, -0.2) is 14.3 Å². The topological polar surface area (TPSA) is 138 Å². The highest BCUT2D eigenvalue weighted by molar-refractivity contribution is 5.85. The molecular weight excluding hydrogens is 477 g/mol. The Morgan fingerprint density at radius 3 is 2.75 bits per heavy atom. The Labute approximate surface area is 198 Å². The van der Waals surface area contributed by atoms with Crippen LogP contribution in [0.2, 0.25) is 0 Å². The zero-order valence-corrected chi connectivity index (χ0v) is 18.2. The van der Waals surface area contributed by atoms with Crippen LogP contribution < -0.4 is 11.2 Å². The maximum absolute atomic E-state index is 13.1. The van der Waals surface area contributed by atoms with Gasteiger partial charge in [-0.15, -0.1) is 0 Å². The predicted molar refractivity (Wildman–Crippen MR) is 120 cm³/mol. The summed E-state index contributed by atoms with van der Waals surface area (Å²) < 4.78 is 41.6. The van der Waals surface area contributed by atoms with Crippen LogP contribution in [0.3, 0.4) is 0 Å². The Morgan fingerprint density at radius 2 is 2.00 bits per heavy atom. The van der Waals surface area contributed by atoms with Crippen LogP contribution in [0, 0.1) is 11.3 Å². The minimum atomic E-state index is -4.48. The Hall–Kier alpha value is -4.73. The molecule has 0 radical (unpaired) electrons. The molecule has 0 amide bonds. The molecule has 5 aromatic rings. The first-order valence-electron chi connectivity index (χ1n) is 10.9. The van der Waals surface area contributed by atoms with Crippen LogP contribution in [0.5, 0.6) is 0 Å². The third-order valence-corrected chi connectivity index (χ3v) is 6.31. The van der Waals surface area contributed by atoms with Crippen molar-refractivity contribution in [3.8, 4) is 17.3 Å². The number of aromatic amines is 2. The first kappa shape index (κ1) is 21.8. The van der Waals surface area contributed by atoms with Gasteiger partial charge in [0.25, 0.3) is 5.56 Å². The van der Waals surface area contributed by atoms with Crippen LogP contribution in [0.1, 0.15) is 35.1 Å². The van der Waals surface area contributed by atoms with Gasteiger partial charge in [0.1, 0.15) is 12.6 Å². The molecule has 1 fully saturated rings. The van der Waals surface area contributed by atoms with Gasteiger partial charge in [-0.05, 0) is 42.0 Å². The van der Waals surface area contributed by atoms with E-state index >= 15 is 0 Å². The predicted octanol–water partition coefficient (Wildman–Crippen LogP) is 2.83. The van der Waals surface area contributed by atoms with E-state index in [1.165, 1.54) is 6.20 Å². The van der Waals surface area contributed by atoms with E-state index in [1.807, 2.05) is 6.07 Å². The summed E-state index contributed by atoms with van der Waals surface area (Å²) in [5.41, 5.74) is 1.73. The Bertz CT molecular complexity index is 1820. The molecule has 1 saturated carbocycles. The molecule has 4 heterocycles. The molecule has 180 valence electrons. The standard InChI is InChI=1S/C23H15F3N8O2/c24-23(25,26)10-34-19-5-11(1-2-12(19)18(8-27)32-34)13-6-14(13)15-7-17(31-33-4-3-28-20(15)33)16-9-29-22(36)30-21(16)35/h1-5,7,9,13-14H,6,10H2,(H2,29,30,35,36)/t13-,14+/m1/s1. The highest BCUT2D eigenvalue weighted by Gasteiger charge is 2.42. The fourth-order valence-electron chi connectivity index (χ4n) is 4.65. The van der Waals surface area contributed by atoms with Crippen LogP contribution in [-0.4, -0.2) is 40.5 Å². The fraction of sp³-hybridized carbons (Fsp3) is 0.217. The summed E-state index contributed by atoms with van der Waals surface area (Å²) in [6.07, 6.45) is 0.740. The molecule has 36 heavy (non-hydrogen) atoms. The van der Waals surface area contributed by atoms with E-state index in [-0.39, 0.29) is 28.6 Å². The van der Waals surface area contributed by atoms with Crippen LogP contribution in [0.4, 0.5) is 13.2 Å². The van der Waals surface area contributed by atoms with Crippen molar-refractivity contribution < 1.29 is 13.2 Å². The molecule has 6 rings (SSSR count). The van der Waals surface area contributed by atoms with Gasteiger partial charge >= 0.3 is 11.9 Å². The first-order chi connectivity index (χ1) is 17.2. The van der Waals surface area contributed by atoms with Gasteiger partial charge in [-0.3, -0.25) is 14.5 Å². The summed E-state index contributed by atoms with van der Waals surface area (Å²) in [5.74, 6) is -0.0378. The van der Waals surface area contributed by atoms with Gasteiger partial charge < -0.3 is 4.98 Å². The number of aromatic nitrogens is 7. The molecule has 4 aromatic heterocycles. The van der Waals surface area contributed by atoms with Crippen molar-refractivity contribution in [1.82, 2.24) is 34.3 Å². The number of benzene rings is 1. The molecule has 2 atom stereocenters. The van der Waals surface area contributed by atoms with Gasteiger partial charge in [0.15, 0.2) is 11.3 Å². The number of fused-ring (bicyclic) bond motifs is 2. The molecule has 1 aliphatic rings. The largest absolute Gasteiger partial charge is 0.408 e. The number of alkyl halides is 3. The Morgan fingerprint density at radius 1 is 1.17 bits per heavy atom. The molecule has 1 aliphatic carbocycles. The number of halogens is 3. The zero-order valence-electron chi connectivity index (χ0n) is 18.2. The summed E-state index contributed by atoms with van der Waals surface area (Å²) in [6.45, 7) is -1.29. The highest BCUT2D eigenvalue weighted by Crippen LogP contribution is 2.56. The minimum Gasteiger partial charge on any atom is -0.313 e. The van der Waals surface area contributed by atoms with Gasteiger partial charge in [-0.1, -0.05) is 6.07 Å². The van der Waals surface area contributed by atoms with Crippen LogP contribution in [-0.2, 0) is 6.54 Å². The van der Waals surface area contributed by atoms with Crippen molar-refractivity contribution in [2.24, 2.45) is 0 Å². The second kappa shape index (κ2) is 7.64. The zero-order chi connectivity index (χ0) is 25.2. The van der Waals surface area contributed by atoms with Crippen molar-refractivity contribution in [3.63, 3.8) is 0 Å². The van der Waals surface area contributed by atoms with Crippen LogP contribution in [0.15, 0.2) is 52.4 Å². The Kier molecular flexibility index (Phi) is 4.62. The summed E-state index contributed by atoms with van der Waals surface area (Å²) in [5, 5.41) is 17.9. The molecular formula is C23H15F3N8O2. The highest BCUT2D eigenvalue weighted by atomic mass is 19.4. The van der Waals surface area contributed by atoms with E-state index in [1.54, 1.807) is 41.2 Å². The van der Waals surface area contributed by atoms with Gasteiger partial charge in [0, 0.05) is 29.5 Å². The van der Waals surface area contributed by atoms with Crippen molar-refractivity contribution >= 4 is 16.6 Å². The molecule has 10 nitrogen and oxygen atoms in total. The lowest BCUT2D eigenvalue weighted by atomic mass is 10.0. The average Bonchev–Trinajstić information content (AvgIpc) is 3.35. The van der Waals surface area contributed by atoms with E-state index in [2.05, 4.69) is 25.1 Å². The van der Waals surface area contributed by atoms with Gasteiger partial charge in [0.05, 0.1) is 16.8 Å². The van der Waals surface area contributed by atoms with Crippen molar-refractivity contribution in [2.75, 3.05) is 0 Å². The smallest absolute Gasteiger partial charge is 0.313 e. The van der Waals surface area contributed by atoms with Crippen LogP contribution in [0.25, 0.3) is 27.8 Å². The van der Waals surface area contributed by atoms with Crippen molar-refractivity contribution in [1.29, 1.82) is 5.26 Å². The number of rotatable bonds is 4. The SMILES string of the molecule is N#Cc1nn(CC(F)(F)F)c2cc([C@H]3C[C@@H]3c3cc(-c4c[nH]c(=O)[nH]c4=O)nn4ccnc34)ccc12. The number of hydrogen-bond donors (Lipinski definition) is 2. The quantitative estimate of drug-likeness (QED) is 0.396. The number of hydrogen-bond acceptors (Lipinski definition) is 6. The molecule has 2 N–H and O–H groups in total. The lowest BCUT2D eigenvalue weighted by Crippen LogP contribution is -2.23. The molecule has 0 unspecified atom stereocenters. The van der Waals surface area contributed by atoms with E-state index < -0.39 is 24.0 Å². The van der Waals surface area contributed by atoms with E-state index in [4.69, 9.17) is 0 Å². The molecule has 0 bridgehead atoms. The van der Waals surface area contributed by atoms with E-state index in [9.17, 15) is 28.0 Å². The second-order valence-electron chi connectivity index (χ2n) is 8.62. The lowest BCUT2D eigenvalue weighted by molar-refractivity contribution is -0.141. The van der Waals surface area contributed by atoms with Gasteiger partial charge in [-0.2, -0.15) is 28.6 Å². The van der Waals surface area contributed by atoms with Gasteiger partial charge in [0.2, 0.25) is 0 Å². The second-order valence-corrected chi connectivity index (χ2v) is 8.62. The minimum absolute atomic E-state index is 0.0150. The average molecular weight is 492 g/mol. The first-order valence-corrected chi connectivity index (χ1v) is 10.9. The maximum atomic E-state index is 13.1.